The number of ether oxygens (including phenoxy) is 2. The van der Waals surface area contributed by atoms with E-state index in [0.717, 1.165) is 0 Å². The van der Waals surface area contributed by atoms with Crippen LogP contribution in [0, 0.1) is 5.92 Å². The first-order valence-electron chi connectivity index (χ1n) is 8.38. The summed E-state index contributed by atoms with van der Waals surface area (Å²) in [7, 11) is 1.51. The van der Waals surface area contributed by atoms with E-state index in [0.29, 0.717) is 35.2 Å². The van der Waals surface area contributed by atoms with Crippen LogP contribution < -0.4 is 20.5 Å². The number of methoxy groups -OCH3 is 1. The molecule has 26 heavy (non-hydrogen) atoms. The zero-order chi connectivity index (χ0) is 19.1. The van der Waals surface area contributed by atoms with Crippen LogP contribution in [0.25, 0.3) is 0 Å². The quantitative estimate of drug-likeness (QED) is 0.761. The molecule has 0 saturated heterocycles. The van der Waals surface area contributed by atoms with Crippen LogP contribution in [0.1, 0.15) is 35.8 Å². The molecule has 0 aliphatic carbocycles. The number of carbonyl (C=O) groups is 2. The molecule has 0 aromatic heterocycles. The third-order valence-electron chi connectivity index (χ3n) is 3.69. The first-order chi connectivity index (χ1) is 12.4. The Balaban J connectivity index is 2.19. The van der Waals surface area contributed by atoms with Gasteiger partial charge in [-0.15, -0.1) is 0 Å². The molecule has 2 aromatic rings. The summed E-state index contributed by atoms with van der Waals surface area (Å²) in [5.74, 6) is 0.325. The minimum atomic E-state index is -0.911. The van der Waals surface area contributed by atoms with Crippen LogP contribution in [0.5, 0.6) is 11.5 Å². The second-order valence-corrected chi connectivity index (χ2v) is 6.29. The number of nitrogens with one attached hydrogen (secondary N) is 1. The largest absolute Gasteiger partial charge is 0.493 e. The number of benzene rings is 2. The van der Waals surface area contributed by atoms with E-state index in [9.17, 15) is 9.59 Å². The Morgan fingerprint density at radius 2 is 1.77 bits per heavy atom. The summed E-state index contributed by atoms with van der Waals surface area (Å²) in [6.45, 7) is 4.63. The lowest BCUT2D eigenvalue weighted by Crippen LogP contribution is -2.37. The van der Waals surface area contributed by atoms with Gasteiger partial charge in [0.15, 0.2) is 11.5 Å². The predicted molar refractivity (Wildman–Crippen MR) is 99.2 cm³/mol. The van der Waals surface area contributed by atoms with Crippen LogP contribution >= 0.6 is 0 Å². The molecule has 0 bridgehead atoms. The van der Waals surface area contributed by atoms with Crippen molar-refractivity contribution in [1.82, 2.24) is 5.32 Å². The van der Waals surface area contributed by atoms with Crippen molar-refractivity contribution in [2.45, 2.75) is 19.9 Å². The topological polar surface area (TPSA) is 90.6 Å². The van der Waals surface area contributed by atoms with Gasteiger partial charge in [-0.3, -0.25) is 9.59 Å². The molecule has 138 valence electrons. The zero-order valence-electron chi connectivity index (χ0n) is 15.2. The van der Waals surface area contributed by atoms with Gasteiger partial charge in [0.05, 0.1) is 13.7 Å². The SMILES string of the molecule is COc1cc(C(=O)N[C@H](C(N)=O)c2ccccc2)ccc1OCC(C)C. The van der Waals surface area contributed by atoms with Crippen LogP contribution in [-0.2, 0) is 4.79 Å². The van der Waals surface area contributed by atoms with Gasteiger partial charge >= 0.3 is 0 Å². The van der Waals surface area contributed by atoms with E-state index in [4.69, 9.17) is 15.2 Å². The summed E-state index contributed by atoms with van der Waals surface area (Å²) in [6, 6.07) is 12.8. The molecule has 0 fully saturated rings. The Bertz CT molecular complexity index is 760. The number of nitrogens with two attached hydrogens (primary N) is 1. The fourth-order valence-corrected chi connectivity index (χ4v) is 2.36. The average molecular weight is 356 g/mol. The van der Waals surface area contributed by atoms with E-state index < -0.39 is 17.9 Å². The lowest BCUT2D eigenvalue weighted by atomic mass is 10.1. The smallest absolute Gasteiger partial charge is 0.252 e. The Morgan fingerprint density at radius 1 is 1.08 bits per heavy atom. The van der Waals surface area contributed by atoms with Crippen LogP contribution in [-0.4, -0.2) is 25.5 Å². The Morgan fingerprint density at radius 3 is 2.35 bits per heavy atom. The van der Waals surface area contributed by atoms with Crippen molar-refractivity contribution in [2.24, 2.45) is 11.7 Å². The summed E-state index contributed by atoms with van der Waals surface area (Å²) in [4.78, 5) is 24.3. The molecule has 3 N–H and O–H groups in total. The molecule has 1 atom stereocenters. The highest BCUT2D eigenvalue weighted by Crippen LogP contribution is 2.28. The van der Waals surface area contributed by atoms with Crippen LogP contribution in [0.3, 0.4) is 0 Å². The highest BCUT2D eigenvalue weighted by molar-refractivity contribution is 5.98. The normalized spacial score (nSPS) is 11.7. The van der Waals surface area contributed by atoms with Crippen molar-refractivity contribution in [3.63, 3.8) is 0 Å². The molecular weight excluding hydrogens is 332 g/mol. The van der Waals surface area contributed by atoms with Crippen molar-refractivity contribution < 1.29 is 19.1 Å². The molecular formula is C20H24N2O4. The van der Waals surface area contributed by atoms with Gasteiger partial charge in [-0.2, -0.15) is 0 Å². The number of primary amides is 1. The van der Waals surface area contributed by atoms with E-state index >= 15 is 0 Å². The Hall–Kier alpha value is -3.02. The van der Waals surface area contributed by atoms with E-state index in [1.807, 2.05) is 19.9 Å². The van der Waals surface area contributed by atoms with Gasteiger partial charge < -0.3 is 20.5 Å². The molecule has 6 heteroatoms. The van der Waals surface area contributed by atoms with Crippen molar-refractivity contribution in [2.75, 3.05) is 13.7 Å². The first kappa shape index (κ1) is 19.3. The van der Waals surface area contributed by atoms with Crippen molar-refractivity contribution >= 4 is 11.8 Å². The van der Waals surface area contributed by atoms with Crippen LogP contribution in [0.2, 0.25) is 0 Å². The van der Waals surface area contributed by atoms with E-state index in [2.05, 4.69) is 5.32 Å². The van der Waals surface area contributed by atoms with Crippen molar-refractivity contribution in [3.8, 4) is 11.5 Å². The zero-order valence-corrected chi connectivity index (χ0v) is 15.2. The van der Waals surface area contributed by atoms with Crippen LogP contribution in [0.15, 0.2) is 48.5 Å². The highest BCUT2D eigenvalue weighted by Gasteiger charge is 2.21. The van der Waals surface area contributed by atoms with Crippen LogP contribution in [0.4, 0.5) is 0 Å². The monoisotopic (exact) mass is 356 g/mol. The molecule has 0 aliphatic heterocycles. The minimum Gasteiger partial charge on any atom is -0.493 e. The lowest BCUT2D eigenvalue weighted by Gasteiger charge is -2.17. The van der Waals surface area contributed by atoms with E-state index in [1.54, 1.807) is 42.5 Å². The standard InChI is InChI=1S/C20H24N2O4/c1-13(2)12-26-16-10-9-15(11-17(16)25-3)20(24)22-18(19(21)23)14-7-5-4-6-8-14/h4-11,13,18H,12H2,1-3H3,(H2,21,23)(H,22,24)/t18-/m0/s1. The van der Waals surface area contributed by atoms with Gasteiger partial charge in [0, 0.05) is 5.56 Å². The maximum atomic E-state index is 12.6. The second-order valence-electron chi connectivity index (χ2n) is 6.29. The van der Waals surface area contributed by atoms with Crippen molar-refractivity contribution in [3.05, 3.63) is 59.7 Å². The molecule has 0 aliphatic rings. The van der Waals surface area contributed by atoms with Gasteiger partial charge in [0.2, 0.25) is 5.91 Å². The molecule has 0 radical (unpaired) electrons. The fraction of sp³-hybridized carbons (Fsp3) is 0.300. The number of rotatable bonds is 8. The lowest BCUT2D eigenvalue weighted by molar-refractivity contribution is -0.120. The molecule has 2 rings (SSSR count). The molecule has 0 spiro atoms. The number of carbonyl (C=O) groups excluding carboxylic acids is 2. The average Bonchev–Trinajstić information content (AvgIpc) is 2.64. The Labute approximate surface area is 153 Å². The summed E-state index contributed by atoms with van der Waals surface area (Å²) >= 11 is 0. The van der Waals surface area contributed by atoms with Gasteiger partial charge in [-0.25, -0.2) is 0 Å². The summed E-state index contributed by atoms with van der Waals surface area (Å²) in [6.07, 6.45) is 0. The summed E-state index contributed by atoms with van der Waals surface area (Å²) in [5, 5.41) is 2.66. The maximum Gasteiger partial charge on any atom is 0.252 e. The summed E-state index contributed by atoms with van der Waals surface area (Å²) in [5.41, 5.74) is 6.42. The van der Waals surface area contributed by atoms with Gasteiger partial charge in [0.25, 0.3) is 5.91 Å². The molecule has 6 nitrogen and oxygen atoms in total. The minimum absolute atomic E-state index is 0.348. The molecule has 0 unspecified atom stereocenters. The highest BCUT2D eigenvalue weighted by atomic mass is 16.5. The number of hydrogen-bond donors (Lipinski definition) is 2. The molecule has 2 aromatic carbocycles. The maximum absolute atomic E-state index is 12.6. The number of amides is 2. The summed E-state index contributed by atoms with van der Waals surface area (Å²) < 4.78 is 11.0. The molecule has 0 heterocycles. The third kappa shape index (κ3) is 4.99. The van der Waals surface area contributed by atoms with Gasteiger partial charge in [0.1, 0.15) is 6.04 Å². The van der Waals surface area contributed by atoms with Gasteiger partial charge in [-0.05, 0) is 29.7 Å². The predicted octanol–water partition coefficient (Wildman–Crippen LogP) is 2.69. The number of hydrogen-bond acceptors (Lipinski definition) is 4. The van der Waals surface area contributed by atoms with Gasteiger partial charge in [-0.1, -0.05) is 44.2 Å². The van der Waals surface area contributed by atoms with E-state index in [1.165, 1.54) is 7.11 Å². The fourth-order valence-electron chi connectivity index (χ4n) is 2.36. The third-order valence-corrected chi connectivity index (χ3v) is 3.69. The van der Waals surface area contributed by atoms with Crippen molar-refractivity contribution in [1.29, 1.82) is 0 Å². The second kappa shape index (κ2) is 8.89. The first-order valence-corrected chi connectivity index (χ1v) is 8.38. The molecule has 0 saturated carbocycles. The van der Waals surface area contributed by atoms with E-state index in [-0.39, 0.29) is 0 Å². The molecule has 2 amide bonds. The Kier molecular flexibility index (Phi) is 6.60.